The van der Waals surface area contributed by atoms with E-state index in [1.807, 2.05) is 0 Å². The minimum atomic E-state index is -4.36. The zero-order valence-corrected chi connectivity index (χ0v) is 18.7. The van der Waals surface area contributed by atoms with Crippen molar-refractivity contribution in [3.8, 4) is 5.75 Å². The lowest BCUT2D eigenvalue weighted by molar-refractivity contribution is -0.152. The third-order valence-electron chi connectivity index (χ3n) is 6.40. The molecule has 0 bridgehead atoms. The third-order valence-corrected chi connectivity index (χ3v) is 6.40. The summed E-state index contributed by atoms with van der Waals surface area (Å²) in [5, 5.41) is 0. The first-order valence-electron chi connectivity index (χ1n) is 11.6. The molecule has 0 aromatic heterocycles. The lowest BCUT2D eigenvalue weighted by atomic mass is 9.90. The molecule has 2 atom stereocenters. The molecule has 1 fully saturated rings. The van der Waals surface area contributed by atoms with Crippen molar-refractivity contribution >= 4 is 11.8 Å². The molecule has 1 heterocycles. The molecule has 2 aliphatic rings. The van der Waals surface area contributed by atoms with Crippen LogP contribution in [0.1, 0.15) is 74.6 Å². The number of benzene rings is 1. The monoisotopic (exact) mass is 454 g/mol. The third kappa shape index (κ3) is 6.62. The highest BCUT2D eigenvalue weighted by Crippen LogP contribution is 2.31. The van der Waals surface area contributed by atoms with Gasteiger partial charge in [-0.25, -0.2) is 0 Å². The number of hydrogen-bond donors (Lipinski definition) is 0. The Morgan fingerprint density at radius 2 is 1.72 bits per heavy atom. The van der Waals surface area contributed by atoms with Gasteiger partial charge in [-0.15, -0.1) is 0 Å². The maximum absolute atomic E-state index is 13.0. The number of carbonyl (C=O) groups is 2. The van der Waals surface area contributed by atoms with E-state index in [1.54, 1.807) is 41.1 Å². The molecule has 2 amide bonds. The van der Waals surface area contributed by atoms with Gasteiger partial charge in [0.15, 0.2) is 0 Å². The summed E-state index contributed by atoms with van der Waals surface area (Å²) < 4.78 is 44.6. The van der Waals surface area contributed by atoms with Crippen molar-refractivity contribution in [3.63, 3.8) is 0 Å². The zero-order valence-electron chi connectivity index (χ0n) is 18.7. The number of rotatable bonds is 2. The van der Waals surface area contributed by atoms with Crippen LogP contribution in [-0.4, -0.2) is 60.1 Å². The van der Waals surface area contributed by atoms with Crippen LogP contribution < -0.4 is 4.74 Å². The van der Waals surface area contributed by atoms with Crippen molar-refractivity contribution < 1.29 is 27.5 Å². The number of amides is 2. The Hall–Kier alpha value is -2.25. The second-order valence-corrected chi connectivity index (χ2v) is 8.85. The fraction of sp³-hybridized carbons (Fsp3) is 0.667. The number of ether oxygens (including phenoxy) is 1. The lowest BCUT2D eigenvalue weighted by Gasteiger charge is -2.40. The van der Waals surface area contributed by atoms with Gasteiger partial charge in [-0.3, -0.25) is 9.59 Å². The standard InChI is InChI=1S/C24H33F3N2O3/c1-28-16-8-2-3-9-17-29(22(30)14-15-24(25,26)27)19-11-5-7-13-21(19)32-20-12-6-4-10-18(20)23(28)31/h4,6,10,12,19,21H,2-3,5,7-9,11,13-17H2,1H3/t19-,21+/m1/s1. The average molecular weight is 455 g/mol. The molecule has 1 aliphatic heterocycles. The van der Waals surface area contributed by atoms with Crippen molar-refractivity contribution in [1.82, 2.24) is 9.80 Å². The number of halogens is 3. The van der Waals surface area contributed by atoms with Crippen molar-refractivity contribution in [2.45, 2.75) is 82.5 Å². The fourth-order valence-corrected chi connectivity index (χ4v) is 4.64. The number of para-hydroxylation sites is 1. The molecule has 0 radical (unpaired) electrons. The first-order valence-corrected chi connectivity index (χ1v) is 11.6. The normalized spacial score (nSPS) is 23.6. The minimum absolute atomic E-state index is 0.108. The van der Waals surface area contributed by atoms with Gasteiger partial charge in [-0.2, -0.15) is 13.2 Å². The van der Waals surface area contributed by atoms with Gasteiger partial charge in [0.2, 0.25) is 5.91 Å². The molecule has 32 heavy (non-hydrogen) atoms. The summed E-state index contributed by atoms with van der Waals surface area (Å²) in [6.07, 6.45) is 0.190. The van der Waals surface area contributed by atoms with Gasteiger partial charge in [-0.05, 0) is 44.2 Å². The van der Waals surface area contributed by atoms with Crippen LogP contribution in [0, 0.1) is 0 Å². The van der Waals surface area contributed by atoms with E-state index < -0.39 is 24.9 Å². The zero-order chi connectivity index (χ0) is 23.1. The highest BCUT2D eigenvalue weighted by Gasteiger charge is 2.36. The maximum Gasteiger partial charge on any atom is 0.389 e. The van der Waals surface area contributed by atoms with Gasteiger partial charge >= 0.3 is 6.18 Å². The van der Waals surface area contributed by atoms with E-state index >= 15 is 0 Å². The number of carbonyl (C=O) groups excluding carboxylic acids is 2. The Morgan fingerprint density at radius 1 is 1.03 bits per heavy atom. The molecule has 1 saturated carbocycles. The summed E-state index contributed by atoms with van der Waals surface area (Å²) in [5.41, 5.74) is 0.478. The van der Waals surface area contributed by atoms with Crippen molar-refractivity contribution in [3.05, 3.63) is 29.8 Å². The number of fused-ring (bicyclic) bond motifs is 2. The van der Waals surface area contributed by atoms with Crippen LogP contribution in [0.4, 0.5) is 13.2 Å². The summed E-state index contributed by atoms with van der Waals surface area (Å²) in [5.74, 6) is -0.0943. The van der Waals surface area contributed by atoms with Gasteiger partial charge in [0.05, 0.1) is 18.0 Å². The molecule has 8 heteroatoms. The Morgan fingerprint density at radius 3 is 2.47 bits per heavy atom. The second kappa shape index (κ2) is 11.1. The Bertz CT molecular complexity index is 784. The lowest BCUT2D eigenvalue weighted by Crippen LogP contribution is -2.51. The van der Waals surface area contributed by atoms with Gasteiger partial charge in [0, 0.05) is 26.6 Å². The first-order chi connectivity index (χ1) is 15.3. The van der Waals surface area contributed by atoms with Crippen LogP contribution in [0.5, 0.6) is 5.75 Å². The van der Waals surface area contributed by atoms with Crippen LogP contribution >= 0.6 is 0 Å². The minimum Gasteiger partial charge on any atom is -0.487 e. The van der Waals surface area contributed by atoms with Crippen molar-refractivity contribution in [2.24, 2.45) is 0 Å². The van der Waals surface area contributed by atoms with Crippen LogP contribution in [0.2, 0.25) is 0 Å². The maximum atomic E-state index is 13.0. The molecule has 0 N–H and O–H groups in total. The molecule has 5 nitrogen and oxygen atoms in total. The molecule has 1 aliphatic carbocycles. The summed E-state index contributed by atoms with van der Waals surface area (Å²) in [4.78, 5) is 29.2. The smallest absolute Gasteiger partial charge is 0.389 e. The quantitative estimate of drug-likeness (QED) is 0.618. The average Bonchev–Trinajstić information content (AvgIpc) is 2.76. The Balaban J connectivity index is 1.88. The van der Waals surface area contributed by atoms with Crippen LogP contribution in [0.15, 0.2) is 24.3 Å². The highest BCUT2D eigenvalue weighted by atomic mass is 19.4. The van der Waals surface area contributed by atoms with Gasteiger partial charge < -0.3 is 14.5 Å². The van der Waals surface area contributed by atoms with E-state index in [4.69, 9.17) is 4.74 Å². The Labute approximate surface area is 187 Å². The van der Waals surface area contributed by atoms with E-state index in [-0.39, 0.29) is 18.1 Å². The first kappa shape index (κ1) is 24.4. The summed E-state index contributed by atoms with van der Waals surface area (Å²) in [7, 11) is 1.79. The van der Waals surface area contributed by atoms with E-state index in [1.165, 1.54) is 0 Å². The molecule has 0 unspecified atom stereocenters. The largest absolute Gasteiger partial charge is 0.487 e. The van der Waals surface area contributed by atoms with E-state index in [0.29, 0.717) is 37.2 Å². The van der Waals surface area contributed by atoms with Crippen molar-refractivity contribution in [2.75, 3.05) is 20.1 Å². The molecule has 178 valence electrons. The van der Waals surface area contributed by atoms with Crippen LogP contribution in [-0.2, 0) is 4.79 Å². The Kier molecular flexibility index (Phi) is 8.43. The van der Waals surface area contributed by atoms with Gasteiger partial charge in [0.25, 0.3) is 5.91 Å². The SMILES string of the molecule is CN1CCCCCCN(C(=O)CCC(F)(F)F)[C@@H]2CCCC[C@@H]2Oc2ccccc2C1=O. The van der Waals surface area contributed by atoms with E-state index in [2.05, 4.69) is 0 Å². The summed E-state index contributed by atoms with van der Waals surface area (Å²) in [6, 6.07) is 6.81. The van der Waals surface area contributed by atoms with Crippen LogP contribution in [0.25, 0.3) is 0 Å². The highest BCUT2D eigenvalue weighted by molar-refractivity contribution is 5.96. The molecule has 1 aromatic carbocycles. The molecule has 0 saturated heterocycles. The topological polar surface area (TPSA) is 49.9 Å². The predicted molar refractivity (Wildman–Crippen MR) is 116 cm³/mol. The molecular formula is C24H33F3N2O3. The second-order valence-electron chi connectivity index (χ2n) is 8.85. The van der Waals surface area contributed by atoms with Gasteiger partial charge in [0.1, 0.15) is 11.9 Å². The fourth-order valence-electron chi connectivity index (χ4n) is 4.64. The van der Waals surface area contributed by atoms with Gasteiger partial charge in [-0.1, -0.05) is 31.4 Å². The summed E-state index contributed by atoms with van der Waals surface area (Å²) >= 11 is 0. The number of nitrogens with zero attached hydrogens (tertiary/aromatic N) is 2. The van der Waals surface area contributed by atoms with Crippen molar-refractivity contribution in [1.29, 1.82) is 0 Å². The molecular weight excluding hydrogens is 421 g/mol. The molecule has 3 rings (SSSR count). The van der Waals surface area contributed by atoms with E-state index in [9.17, 15) is 22.8 Å². The number of alkyl halides is 3. The van der Waals surface area contributed by atoms with Crippen LogP contribution in [0.3, 0.4) is 0 Å². The molecule has 1 aromatic rings. The predicted octanol–water partition coefficient (Wildman–Crippen LogP) is 5.19. The summed E-state index contributed by atoms with van der Waals surface area (Å²) in [6.45, 7) is 1.06. The van der Waals surface area contributed by atoms with E-state index in [0.717, 1.165) is 38.5 Å². The molecule has 0 spiro atoms. The number of hydrogen-bond acceptors (Lipinski definition) is 3.